The summed E-state index contributed by atoms with van der Waals surface area (Å²) in [6, 6.07) is 13.9. The summed E-state index contributed by atoms with van der Waals surface area (Å²) in [4.78, 5) is 27.2. The van der Waals surface area contributed by atoms with Gasteiger partial charge in [-0.15, -0.1) is 0 Å². The third-order valence-corrected chi connectivity index (χ3v) is 5.38. The summed E-state index contributed by atoms with van der Waals surface area (Å²) in [7, 11) is 0. The zero-order valence-corrected chi connectivity index (χ0v) is 18.6. The number of para-hydroxylation sites is 1. The molecule has 31 heavy (non-hydrogen) atoms. The number of carbonyl (C=O) groups excluding carboxylic acids is 2. The molecule has 0 aliphatic carbocycles. The van der Waals surface area contributed by atoms with E-state index in [1.165, 1.54) is 12.1 Å². The lowest BCUT2D eigenvalue weighted by Gasteiger charge is -2.35. The van der Waals surface area contributed by atoms with Gasteiger partial charge in [0, 0.05) is 37.8 Å². The second-order valence-corrected chi connectivity index (χ2v) is 9.40. The first-order chi connectivity index (χ1) is 14.7. The minimum Gasteiger partial charge on any atom is -0.371 e. The molecule has 0 radical (unpaired) electrons. The standard InChI is InChI=1S/C25H32FN3O2/c1-25(2,3)16-23(30)28-20-11-13-29(14-12-20)22-10-5-4-9-21(22)24(31)27-17-18-7-6-8-19(26)15-18/h4-10,15,20H,11-14,16-17H2,1-3H3,(H,27,31)(H,28,30). The van der Waals surface area contributed by atoms with E-state index in [0.717, 1.165) is 37.2 Å². The van der Waals surface area contributed by atoms with Gasteiger partial charge in [-0.3, -0.25) is 9.59 Å². The molecule has 0 saturated carbocycles. The van der Waals surface area contributed by atoms with Gasteiger partial charge in [0.1, 0.15) is 5.82 Å². The van der Waals surface area contributed by atoms with E-state index in [1.54, 1.807) is 12.1 Å². The summed E-state index contributed by atoms with van der Waals surface area (Å²) in [5.74, 6) is -0.395. The molecule has 1 saturated heterocycles. The van der Waals surface area contributed by atoms with E-state index in [9.17, 15) is 14.0 Å². The zero-order chi connectivity index (χ0) is 22.4. The van der Waals surface area contributed by atoms with E-state index in [1.807, 2.05) is 24.3 Å². The fraction of sp³-hybridized carbons (Fsp3) is 0.440. The van der Waals surface area contributed by atoms with E-state index in [-0.39, 0.29) is 35.6 Å². The summed E-state index contributed by atoms with van der Waals surface area (Å²) in [5.41, 5.74) is 2.19. The number of benzene rings is 2. The Morgan fingerprint density at radius 3 is 2.45 bits per heavy atom. The molecule has 5 nitrogen and oxygen atoms in total. The van der Waals surface area contributed by atoms with Crippen LogP contribution in [0.1, 0.15) is 56.0 Å². The Kier molecular flexibility index (Phi) is 7.31. The Balaban J connectivity index is 1.58. The van der Waals surface area contributed by atoms with Crippen molar-refractivity contribution < 1.29 is 14.0 Å². The van der Waals surface area contributed by atoms with Gasteiger partial charge in [-0.05, 0) is 48.1 Å². The van der Waals surface area contributed by atoms with Crippen LogP contribution in [0.3, 0.4) is 0 Å². The average molecular weight is 426 g/mol. The lowest BCUT2D eigenvalue weighted by Crippen LogP contribution is -2.45. The molecular weight excluding hydrogens is 393 g/mol. The number of hydrogen-bond acceptors (Lipinski definition) is 3. The Morgan fingerprint density at radius 2 is 1.77 bits per heavy atom. The minimum atomic E-state index is -0.315. The van der Waals surface area contributed by atoms with Crippen molar-refractivity contribution in [2.45, 2.75) is 52.6 Å². The lowest BCUT2D eigenvalue weighted by molar-refractivity contribution is -0.123. The number of rotatable bonds is 6. The predicted octanol–water partition coefficient (Wildman–Crippen LogP) is 4.28. The SMILES string of the molecule is CC(C)(C)CC(=O)NC1CCN(c2ccccc2C(=O)NCc2cccc(F)c2)CC1. The first-order valence-corrected chi connectivity index (χ1v) is 10.9. The van der Waals surface area contributed by atoms with Crippen molar-refractivity contribution in [3.63, 3.8) is 0 Å². The summed E-state index contributed by atoms with van der Waals surface area (Å²) in [5, 5.41) is 6.04. The molecule has 166 valence electrons. The monoisotopic (exact) mass is 425 g/mol. The largest absolute Gasteiger partial charge is 0.371 e. The third-order valence-electron chi connectivity index (χ3n) is 5.38. The normalized spacial score (nSPS) is 14.9. The highest BCUT2D eigenvalue weighted by Crippen LogP contribution is 2.25. The van der Waals surface area contributed by atoms with Crippen LogP contribution in [0.15, 0.2) is 48.5 Å². The maximum atomic E-state index is 13.4. The molecule has 6 heteroatoms. The summed E-state index contributed by atoms with van der Waals surface area (Å²) in [6.07, 6.45) is 2.20. The molecule has 1 heterocycles. The molecule has 2 amide bonds. The van der Waals surface area contributed by atoms with Crippen molar-refractivity contribution in [2.75, 3.05) is 18.0 Å². The molecule has 0 spiro atoms. The molecule has 0 unspecified atom stereocenters. The van der Waals surface area contributed by atoms with Gasteiger partial charge < -0.3 is 15.5 Å². The van der Waals surface area contributed by atoms with Gasteiger partial charge in [-0.2, -0.15) is 0 Å². The van der Waals surface area contributed by atoms with Crippen molar-refractivity contribution in [1.29, 1.82) is 0 Å². The predicted molar refractivity (Wildman–Crippen MR) is 121 cm³/mol. The summed E-state index contributed by atoms with van der Waals surface area (Å²) in [6.45, 7) is 8.00. The number of nitrogens with one attached hydrogen (secondary N) is 2. The summed E-state index contributed by atoms with van der Waals surface area (Å²) < 4.78 is 13.4. The zero-order valence-electron chi connectivity index (χ0n) is 18.6. The number of amides is 2. The van der Waals surface area contributed by atoms with E-state index in [4.69, 9.17) is 0 Å². The van der Waals surface area contributed by atoms with Crippen molar-refractivity contribution in [2.24, 2.45) is 5.41 Å². The van der Waals surface area contributed by atoms with Gasteiger partial charge in [0.2, 0.25) is 5.91 Å². The van der Waals surface area contributed by atoms with Crippen LogP contribution in [0.4, 0.5) is 10.1 Å². The van der Waals surface area contributed by atoms with Crippen LogP contribution in [0, 0.1) is 11.2 Å². The Bertz CT molecular complexity index is 915. The first-order valence-electron chi connectivity index (χ1n) is 10.9. The highest BCUT2D eigenvalue weighted by Gasteiger charge is 2.25. The Labute approximate surface area is 184 Å². The molecular formula is C25H32FN3O2. The fourth-order valence-electron chi connectivity index (χ4n) is 3.89. The van der Waals surface area contributed by atoms with Crippen LogP contribution in [0.25, 0.3) is 0 Å². The van der Waals surface area contributed by atoms with E-state index in [2.05, 4.69) is 36.3 Å². The molecule has 3 rings (SSSR count). The van der Waals surface area contributed by atoms with E-state index in [0.29, 0.717) is 12.0 Å². The highest BCUT2D eigenvalue weighted by atomic mass is 19.1. The molecule has 1 fully saturated rings. The maximum Gasteiger partial charge on any atom is 0.253 e. The molecule has 2 aromatic carbocycles. The van der Waals surface area contributed by atoms with E-state index >= 15 is 0 Å². The number of anilines is 1. The second-order valence-electron chi connectivity index (χ2n) is 9.40. The molecule has 2 aromatic rings. The number of halogens is 1. The highest BCUT2D eigenvalue weighted by molar-refractivity contribution is 5.99. The van der Waals surface area contributed by atoms with Crippen LogP contribution in [-0.2, 0) is 11.3 Å². The van der Waals surface area contributed by atoms with Crippen molar-refractivity contribution >= 4 is 17.5 Å². The van der Waals surface area contributed by atoms with Crippen LogP contribution in [0.5, 0.6) is 0 Å². The van der Waals surface area contributed by atoms with E-state index < -0.39 is 0 Å². The molecule has 0 atom stereocenters. The number of hydrogen-bond donors (Lipinski definition) is 2. The smallest absolute Gasteiger partial charge is 0.253 e. The Hall–Kier alpha value is -2.89. The quantitative estimate of drug-likeness (QED) is 0.726. The van der Waals surface area contributed by atoms with Crippen molar-refractivity contribution in [1.82, 2.24) is 10.6 Å². The maximum absolute atomic E-state index is 13.4. The topological polar surface area (TPSA) is 61.4 Å². The van der Waals surface area contributed by atoms with Crippen molar-refractivity contribution in [3.8, 4) is 0 Å². The van der Waals surface area contributed by atoms with Gasteiger partial charge in [0.15, 0.2) is 0 Å². The summed E-state index contributed by atoms with van der Waals surface area (Å²) >= 11 is 0. The number of piperidine rings is 1. The lowest BCUT2D eigenvalue weighted by atomic mass is 9.91. The first kappa shape index (κ1) is 22.8. The van der Waals surface area contributed by atoms with Gasteiger partial charge in [-0.1, -0.05) is 45.0 Å². The number of carbonyl (C=O) groups is 2. The van der Waals surface area contributed by atoms with Crippen LogP contribution >= 0.6 is 0 Å². The van der Waals surface area contributed by atoms with Crippen LogP contribution < -0.4 is 15.5 Å². The van der Waals surface area contributed by atoms with Crippen LogP contribution in [0.2, 0.25) is 0 Å². The van der Waals surface area contributed by atoms with Gasteiger partial charge >= 0.3 is 0 Å². The van der Waals surface area contributed by atoms with Crippen LogP contribution in [-0.4, -0.2) is 30.9 Å². The molecule has 0 aromatic heterocycles. The second kappa shape index (κ2) is 9.94. The Morgan fingerprint density at radius 1 is 1.06 bits per heavy atom. The molecule has 2 N–H and O–H groups in total. The molecule has 1 aliphatic rings. The average Bonchev–Trinajstić information content (AvgIpc) is 2.71. The van der Waals surface area contributed by atoms with Gasteiger partial charge in [-0.25, -0.2) is 4.39 Å². The number of nitrogens with zero attached hydrogens (tertiary/aromatic N) is 1. The third kappa shape index (κ3) is 6.81. The fourth-order valence-corrected chi connectivity index (χ4v) is 3.89. The minimum absolute atomic E-state index is 0.0252. The van der Waals surface area contributed by atoms with Crippen molar-refractivity contribution in [3.05, 3.63) is 65.5 Å². The van der Waals surface area contributed by atoms with Gasteiger partial charge in [0.25, 0.3) is 5.91 Å². The van der Waals surface area contributed by atoms with Gasteiger partial charge in [0.05, 0.1) is 5.56 Å². The molecule has 0 bridgehead atoms. The molecule has 1 aliphatic heterocycles.